The number of rotatable bonds is 2. The van der Waals surface area contributed by atoms with Gasteiger partial charge in [-0.1, -0.05) is 6.58 Å². The van der Waals surface area contributed by atoms with E-state index in [4.69, 9.17) is 0 Å². The van der Waals surface area contributed by atoms with Crippen LogP contribution in [0.25, 0.3) is 0 Å². The molecule has 11 heavy (non-hydrogen) atoms. The molecule has 0 aromatic carbocycles. The first kappa shape index (κ1) is 8.04. The Hall–Kier alpha value is -1.06. The van der Waals surface area contributed by atoms with E-state index in [0.29, 0.717) is 0 Å². The van der Waals surface area contributed by atoms with Crippen molar-refractivity contribution >= 4 is 6.29 Å². The van der Waals surface area contributed by atoms with E-state index in [1.54, 1.807) is 0 Å². The fourth-order valence-corrected chi connectivity index (χ4v) is 0.792. The molecule has 0 unspecified atom stereocenters. The second kappa shape index (κ2) is 2.22. The zero-order chi connectivity index (χ0) is 8.65. The third-order valence-corrected chi connectivity index (χ3v) is 1.47. The highest BCUT2D eigenvalue weighted by molar-refractivity contribution is 5.81. The second-order valence-electron chi connectivity index (χ2n) is 2.25. The Morgan fingerprint density at radius 1 is 1.64 bits per heavy atom. The summed E-state index contributed by atoms with van der Waals surface area (Å²) < 4.78 is 36.4. The molecule has 1 aliphatic carbocycles. The van der Waals surface area contributed by atoms with Gasteiger partial charge < -0.3 is 0 Å². The van der Waals surface area contributed by atoms with Crippen molar-refractivity contribution in [1.29, 1.82) is 0 Å². The fraction of sp³-hybridized carbons (Fsp3) is 0.286. The van der Waals surface area contributed by atoms with Crippen LogP contribution in [-0.4, -0.2) is 12.2 Å². The van der Waals surface area contributed by atoms with Crippen LogP contribution in [0.2, 0.25) is 0 Å². The lowest BCUT2D eigenvalue weighted by atomic mass is 9.88. The minimum absolute atomic E-state index is 0.315. The molecule has 0 amide bonds. The van der Waals surface area contributed by atoms with Crippen molar-refractivity contribution < 1.29 is 18.0 Å². The van der Waals surface area contributed by atoms with Crippen LogP contribution in [0.1, 0.15) is 6.42 Å². The fourth-order valence-electron chi connectivity index (χ4n) is 0.792. The van der Waals surface area contributed by atoms with Crippen LogP contribution in [0.15, 0.2) is 23.6 Å². The summed E-state index contributed by atoms with van der Waals surface area (Å²) in [5.74, 6) is -4.94. The Balaban J connectivity index is 2.89. The Morgan fingerprint density at radius 3 is 2.45 bits per heavy atom. The predicted molar refractivity (Wildman–Crippen MR) is 32.5 cm³/mol. The minimum Gasteiger partial charge on any atom is -0.285 e. The molecule has 0 atom stereocenters. The Morgan fingerprint density at radius 2 is 2.18 bits per heavy atom. The van der Waals surface area contributed by atoms with E-state index in [0.717, 1.165) is 0 Å². The van der Waals surface area contributed by atoms with Crippen molar-refractivity contribution in [1.82, 2.24) is 0 Å². The molecule has 0 aromatic rings. The largest absolute Gasteiger partial charge is 0.303 e. The molecule has 0 saturated heterocycles. The highest BCUT2D eigenvalue weighted by Crippen LogP contribution is 2.46. The first-order valence-corrected chi connectivity index (χ1v) is 2.83. The van der Waals surface area contributed by atoms with Gasteiger partial charge in [-0.05, 0) is 0 Å². The minimum atomic E-state index is -3.39. The molecule has 4 heteroatoms. The van der Waals surface area contributed by atoms with Crippen molar-refractivity contribution in [3.63, 3.8) is 0 Å². The zero-order valence-electron chi connectivity index (χ0n) is 5.46. The van der Waals surface area contributed by atoms with Crippen LogP contribution in [0, 0.1) is 0 Å². The van der Waals surface area contributed by atoms with Crippen LogP contribution >= 0.6 is 0 Å². The van der Waals surface area contributed by atoms with Crippen LogP contribution in [0.5, 0.6) is 0 Å². The zero-order valence-corrected chi connectivity index (χ0v) is 5.46. The topological polar surface area (TPSA) is 17.1 Å². The summed E-state index contributed by atoms with van der Waals surface area (Å²) in [6.45, 7) is 3.06. The third kappa shape index (κ3) is 1.08. The monoisotopic (exact) mass is 161 g/mol. The molecule has 0 bridgehead atoms. The van der Waals surface area contributed by atoms with E-state index in [1.807, 2.05) is 0 Å². The predicted octanol–water partition coefficient (Wildman–Crippen LogP) is 1.91. The number of hydrogen-bond acceptors (Lipinski definition) is 1. The lowest BCUT2D eigenvalue weighted by Crippen LogP contribution is -2.29. The number of hydrogen-bond donors (Lipinski definition) is 0. The molecular weight excluding hydrogens is 157 g/mol. The highest BCUT2D eigenvalue weighted by Gasteiger charge is 2.48. The van der Waals surface area contributed by atoms with Gasteiger partial charge in [0.05, 0.1) is 0 Å². The van der Waals surface area contributed by atoms with Gasteiger partial charge in [0.1, 0.15) is 0 Å². The molecule has 0 fully saturated rings. The van der Waals surface area contributed by atoms with Gasteiger partial charge in [0, 0.05) is 17.6 Å². The quantitative estimate of drug-likeness (QED) is 0.565. The molecule has 1 radical (unpaired) electrons. The maximum Gasteiger partial charge on any atom is 0.303 e. The number of halogens is 3. The van der Waals surface area contributed by atoms with E-state index >= 15 is 0 Å². The molecule has 1 nitrogen and oxygen atoms in total. The first-order valence-electron chi connectivity index (χ1n) is 2.83. The smallest absolute Gasteiger partial charge is 0.285 e. The van der Waals surface area contributed by atoms with Crippen molar-refractivity contribution in [2.45, 2.75) is 12.3 Å². The lowest BCUT2D eigenvalue weighted by Gasteiger charge is -2.26. The van der Waals surface area contributed by atoms with Crippen molar-refractivity contribution in [3.05, 3.63) is 23.6 Å². The van der Waals surface area contributed by atoms with Crippen LogP contribution in [-0.2, 0) is 4.79 Å². The summed E-state index contributed by atoms with van der Waals surface area (Å²) in [5, 5.41) is 0. The Labute approximate surface area is 61.2 Å². The molecule has 0 aromatic heterocycles. The number of allylic oxidation sites excluding steroid dienone is 3. The van der Waals surface area contributed by atoms with E-state index in [2.05, 4.69) is 6.58 Å². The third-order valence-electron chi connectivity index (χ3n) is 1.47. The SMILES string of the molecule is C=C([C]=O)C1=C(F)C(F)(F)C1. The molecule has 0 spiro atoms. The summed E-state index contributed by atoms with van der Waals surface area (Å²) in [4.78, 5) is 9.83. The average Bonchev–Trinajstić information content (AvgIpc) is 1.98. The lowest BCUT2D eigenvalue weighted by molar-refractivity contribution is -0.00752. The molecule has 0 N–H and O–H groups in total. The number of carbonyl (C=O) groups excluding carboxylic acids is 1. The maximum absolute atomic E-state index is 12.3. The maximum atomic E-state index is 12.3. The summed E-state index contributed by atoms with van der Waals surface area (Å²) in [5.41, 5.74) is -0.640. The first-order chi connectivity index (χ1) is 4.99. The van der Waals surface area contributed by atoms with Crippen molar-refractivity contribution in [2.75, 3.05) is 0 Å². The van der Waals surface area contributed by atoms with Gasteiger partial charge in [0.25, 0.3) is 0 Å². The summed E-state index contributed by atoms with van der Waals surface area (Å²) in [6, 6.07) is 0. The van der Waals surface area contributed by atoms with Crippen LogP contribution in [0.3, 0.4) is 0 Å². The van der Waals surface area contributed by atoms with Gasteiger partial charge in [-0.2, -0.15) is 8.78 Å². The van der Waals surface area contributed by atoms with Crippen molar-refractivity contribution in [3.8, 4) is 0 Å². The van der Waals surface area contributed by atoms with E-state index in [9.17, 15) is 18.0 Å². The van der Waals surface area contributed by atoms with Gasteiger partial charge in [-0.3, -0.25) is 4.79 Å². The molecule has 1 rings (SSSR count). The Bertz CT molecular complexity index is 252. The van der Waals surface area contributed by atoms with E-state index in [-0.39, 0.29) is 11.1 Å². The van der Waals surface area contributed by atoms with Gasteiger partial charge in [0.15, 0.2) is 5.83 Å². The van der Waals surface area contributed by atoms with Gasteiger partial charge in [-0.25, -0.2) is 4.39 Å². The average molecular weight is 161 g/mol. The molecule has 0 saturated carbocycles. The van der Waals surface area contributed by atoms with Gasteiger partial charge >= 0.3 is 5.92 Å². The van der Waals surface area contributed by atoms with Gasteiger partial charge in [0.2, 0.25) is 6.29 Å². The van der Waals surface area contributed by atoms with E-state index in [1.165, 1.54) is 6.29 Å². The molecule has 0 heterocycles. The molecule has 0 aliphatic heterocycles. The second-order valence-corrected chi connectivity index (χ2v) is 2.25. The number of alkyl halides is 2. The summed E-state index contributed by atoms with van der Waals surface area (Å²) in [7, 11) is 0. The summed E-state index contributed by atoms with van der Waals surface area (Å²) >= 11 is 0. The van der Waals surface area contributed by atoms with Crippen molar-refractivity contribution in [2.24, 2.45) is 0 Å². The Kier molecular flexibility index (Phi) is 1.62. The normalized spacial score (nSPS) is 21.0. The standard InChI is InChI=1S/C7H4F3O/c1-4(3-11)5-2-7(9,10)6(5)8/h1-2H2. The molecule has 59 valence electrons. The molecule has 1 aliphatic rings. The van der Waals surface area contributed by atoms with Crippen LogP contribution < -0.4 is 0 Å². The van der Waals surface area contributed by atoms with Crippen LogP contribution in [0.4, 0.5) is 13.2 Å². The summed E-state index contributed by atoms with van der Waals surface area (Å²) in [6.07, 6.45) is 0.516. The van der Waals surface area contributed by atoms with E-state index < -0.39 is 18.2 Å². The molecular formula is C7H4F3O. The highest BCUT2D eigenvalue weighted by atomic mass is 19.3. The van der Waals surface area contributed by atoms with Gasteiger partial charge in [-0.15, -0.1) is 0 Å².